The summed E-state index contributed by atoms with van der Waals surface area (Å²) in [5, 5.41) is 17.8. The Bertz CT molecular complexity index is 963. The van der Waals surface area contributed by atoms with Crippen LogP contribution in [-0.2, 0) is 0 Å². The molecule has 2 aromatic rings. The van der Waals surface area contributed by atoms with Crippen molar-refractivity contribution in [2.24, 2.45) is 11.7 Å². The van der Waals surface area contributed by atoms with Crippen molar-refractivity contribution in [3.8, 4) is 0 Å². The van der Waals surface area contributed by atoms with Crippen molar-refractivity contribution in [2.75, 3.05) is 18.0 Å². The summed E-state index contributed by atoms with van der Waals surface area (Å²) in [6, 6.07) is 8.22. The summed E-state index contributed by atoms with van der Waals surface area (Å²) in [4.78, 5) is 6.90. The fraction of sp³-hybridized carbons (Fsp3) is 0.517. The van der Waals surface area contributed by atoms with Gasteiger partial charge in [-0.05, 0) is 82.6 Å². The molecule has 4 rings (SSSR count). The monoisotopic (exact) mass is 516 g/mol. The van der Waals surface area contributed by atoms with E-state index in [0.29, 0.717) is 0 Å². The van der Waals surface area contributed by atoms with E-state index in [2.05, 4.69) is 29.5 Å². The second-order valence-corrected chi connectivity index (χ2v) is 10.1. The summed E-state index contributed by atoms with van der Waals surface area (Å²) in [5.41, 5.74) is 8.20. The topological polar surface area (TPSA) is 86.2 Å². The summed E-state index contributed by atoms with van der Waals surface area (Å²) in [6.07, 6.45) is 9.02. The average Bonchev–Trinajstić information content (AvgIpc) is 3.32. The zero-order valence-corrected chi connectivity index (χ0v) is 23.5. The van der Waals surface area contributed by atoms with E-state index in [1.165, 1.54) is 29.7 Å². The van der Waals surface area contributed by atoms with Crippen molar-refractivity contribution in [1.82, 2.24) is 4.98 Å². The number of allylic oxidation sites excluding steroid dienone is 4. The number of para-hydroxylation sites is 1. The number of fused-ring (bicyclic) bond motifs is 1. The van der Waals surface area contributed by atoms with Crippen LogP contribution in [0, 0.1) is 11.3 Å². The van der Waals surface area contributed by atoms with Crippen LogP contribution >= 0.6 is 11.3 Å². The Morgan fingerprint density at radius 3 is 2.28 bits per heavy atom. The van der Waals surface area contributed by atoms with E-state index in [1.807, 2.05) is 32.0 Å². The number of hydrogen-bond donors (Lipinski definition) is 3. The first-order valence-electron chi connectivity index (χ1n) is 13.0. The third-order valence-corrected chi connectivity index (χ3v) is 6.92. The number of hydrogen-bond acceptors (Lipinski definition) is 6. The normalized spacial score (nSPS) is 18.8. The summed E-state index contributed by atoms with van der Waals surface area (Å²) < 4.78 is 13.8. The molecule has 1 aliphatic carbocycles. The Hall–Kier alpha value is -2.51. The number of nitrogens with two attached hydrogens (primary N) is 1. The predicted octanol–water partition coefficient (Wildman–Crippen LogP) is 7.78. The van der Waals surface area contributed by atoms with E-state index in [4.69, 9.17) is 11.1 Å². The highest BCUT2D eigenvalue weighted by molar-refractivity contribution is 7.22. The maximum Gasteiger partial charge on any atom is 0.186 e. The van der Waals surface area contributed by atoms with Crippen LogP contribution in [0.3, 0.4) is 0 Å². The van der Waals surface area contributed by atoms with E-state index < -0.39 is 5.83 Å². The van der Waals surface area contributed by atoms with Crippen LogP contribution in [0.1, 0.15) is 73.1 Å². The molecule has 1 saturated carbocycles. The standard InChI is InChI=1S/C12H14N2OS.C8H12FN.C7H13N.C2H6/c15-9-5-7-14(8-6-9)12-13-10-3-1-2-4-11(10)16-12;1-4-7(9)8(10)5-6(2)3;1-6-2-4-7(8)5-3-6;1-2/h1-4,9,15H,5-8H2;4-5H,2,10H2,1,3H3;6,8H,2-5H2,1H3;1-2H3/b;7-4+,8-5+;;. The number of aromatic nitrogens is 1. The predicted molar refractivity (Wildman–Crippen MR) is 156 cm³/mol. The van der Waals surface area contributed by atoms with E-state index in [0.717, 1.165) is 66.6 Å². The molecule has 0 atom stereocenters. The SMILES string of the molecule is C=C(C)/C=C(N)\C(F)=C/C.CC.CC1CCC(=N)CC1.OC1CCN(c2nc3ccccc3s2)CC1. The van der Waals surface area contributed by atoms with Crippen LogP contribution in [0.2, 0.25) is 0 Å². The first kappa shape index (κ1) is 31.5. The summed E-state index contributed by atoms with van der Waals surface area (Å²) >= 11 is 1.74. The Kier molecular flexibility index (Phi) is 14.9. The van der Waals surface area contributed by atoms with Crippen LogP contribution < -0.4 is 10.6 Å². The molecule has 2 fully saturated rings. The van der Waals surface area contributed by atoms with Crippen LogP contribution in [0.5, 0.6) is 0 Å². The molecule has 4 N–H and O–H groups in total. The fourth-order valence-electron chi connectivity index (χ4n) is 3.66. The number of thiazole rings is 1. The molecule has 5 nitrogen and oxygen atoms in total. The number of anilines is 1. The quantitative estimate of drug-likeness (QED) is 0.364. The molecule has 2 heterocycles. The van der Waals surface area contributed by atoms with Crippen LogP contribution in [0.4, 0.5) is 9.52 Å². The number of halogens is 1. The summed E-state index contributed by atoms with van der Waals surface area (Å²) in [5.74, 6) is 0.479. The minimum atomic E-state index is -0.400. The second kappa shape index (κ2) is 17.0. The van der Waals surface area contributed by atoms with Gasteiger partial charge in [0.2, 0.25) is 0 Å². The highest BCUT2D eigenvalue weighted by atomic mass is 32.1. The number of nitrogens with zero attached hydrogens (tertiary/aromatic N) is 2. The Morgan fingerprint density at radius 2 is 1.78 bits per heavy atom. The zero-order valence-electron chi connectivity index (χ0n) is 22.7. The molecule has 2 aliphatic rings. The van der Waals surface area contributed by atoms with Gasteiger partial charge in [0.1, 0.15) is 5.83 Å². The summed E-state index contributed by atoms with van der Waals surface area (Å²) in [6.45, 7) is 15.0. The van der Waals surface area contributed by atoms with Crippen LogP contribution in [0.15, 0.2) is 60.1 Å². The number of aliphatic hydroxyl groups is 1. The third-order valence-electron chi connectivity index (χ3n) is 5.83. The van der Waals surface area contributed by atoms with Gasteiger partial charge in [0.15, 0.2) is 5.13 Å². The van der Waals surface area contributed by atoms with Crippen LogP contribution in [0.25, 0.3) is 10.2 Å². The van der Waals surface area contributed by atoms with Crippen molar-refractivity contribution in [3.63, 3.8) is 0 Å². The van der Waals surface area contributed by atoms with Gasteiger partial charge in [0.25, 0.3) is 0 Å². The Labute approximate surface area is 221 Å². The lowest BCUT2D eigenvalue weighted by Crippen LogP contribution is -2.35. The minimum Gasteiger partial charge on any atom is -0.396 e. The fourth-order valence-corrected chi connectivity index (χ4v) is 4.68. The third kappa shape index (κ3) is 11.5. The van der Waals surface area contributed by atoms with E-state index in [9.17, 15) is 9.50 Å². The molecule has 1 aliphatic heterocycles. The molecule has 1 saturated heterocycles. The first-order chi connectivity index (χ1) is 17.2. The van der Waals surface area contributed by atoms with Crippen molar-refractivity contribution in [3.05, 3.63) is 60.1 Å². The lowest BCUT2D eigenvalue weighted by Gasteiger charge is -2.28. The lowest BCUT2D eigenvalue weighted by molar-refractivity contribution is 0.145. The first-order valence-corrected chi connectivity index (χ1v) is 13.8. The number of rotatable bonds is 3. The van der Waals surface area contributed by atoms with Gasteiger partial charge in [0.05, 0.1) is 22.0 Å². The molecule has 0 radical (unpaired) electrons. The van der Waals surface area contributed by atoms with Crippen molar-refractivity contribution in [2.45, 2.75) is 79.2 Å². The van der Waals surface area contributed by atoms with Crippen molar-refractivity contribution < 1.29 is 9.50 Å². The summed E-state index contributed by atoms with van der Waals surface area (Å²) in [7, 11) is 0. The van der Waals surface area contributed by atoms with Gasteiger partial charge in [-0.2, -0.15) is 0 Å². The van der Waals surface area contributed by atoms with Crippen molar-refractivity contribution in [1.29, 1.82) is 5.41 Å². The molecule has 0 amide bonds. The van der Waals surface area contributed by atoms with E-state index in [1.54, 1.807) is 25.2 Å². The Morgan fingerprint density at radius 1 is 1.19 bits per heavy atom. The molecule has 7 heteroatoms. The largest absolute Gasteiger partial charge is 0.396 e. The number of benzene rings is 1. The van der Waals surface area contributed by atoms with Gasteiger partial charge in [-0.25, -0.2) is 9.37 Å². The van der Waals surface area contributed by atoms with E-state index in [-0.39, 0.29) is 11.8 Å². The van der Waals surface area contributed by atoms with Crippen LogP contribution in [-0.4, -0.2) is 35.0 Å². The van der Waals surface area contributed by atoms with Gasteiger partial charge >= 0.3 is 0 Å². The molecule has 36 heavy (non-hydrogen) atoms. The smallest absolute Gasteiger partial charge is 0.186 e. The maximum absolute atomic E-state index is 12.5. The van der Waals surface area contributed by atoms with Gasteiger partial charge in [0, 0.05) is 18.8 Å². The van der Waals surface area contributed by atoms with Gasteiger partial charge in [-0.1, -0.05) is 56.4 Å². The second-order valence-electron chi connectivity index (χ2n) is 9.05. The highest BCUT2D eigenvalue weighted by Crippen LogP contribution is 2.30. The molecule has 0 spiro atoms. The molecule has 1 aromatic heterocycles. The molecule has 0 bridgehead atoms. The average molecular weight is 517 g/mol. The van der Waals surface area contributed by atoms with Crippen molar-refractivity contribution >= 4 is 32.4 Å². The molecule has 1 aromatic carbocycles. The van der Waals surface area contributed by atoms with E-state index >= 15 is 0 Å². The van der Waals surface area contributed by atoms with Gasteiger partial charge in [-0.3, -0.25) is 0 Å². The lowest BCUT2D eigenvalue weighted by atomic mass is 9.90. The number of aliphatic hydroxyl groups excluding tert-OH is 1. The Balaban J connectivity index is 0.000000281. The molecule has 0 unspecified atom stereocenters. The number of piperidine rings is 1. The maximum atomic E-state index is 12.5. The molecular weight excluding hydrogens is 471 g/mol. The zero-order chi connectivity index (χ0) is 27.1. The molecular formula is C29H45FN4OS. The van der Waals surface area contributed by atoms with Gasteiger partial charge in [-0.15, -0.1) is 0 Å². The highest BCUT2D eigenvalue weighted by Gasteiger charge is 2.19. The number of nitrogens with one attached hydrogen (secondary N) is 1. The van der Waals surface area contributed by atoms with Gasteiger partial charge < -0.3 is 21.1 Å². The molecule has 200 valence electrons. The minimum absolute atomic E-state index is 0.120.